The highest BCUT2D eigenvalue weighted by molar-refractivity contribution is 14.1. The molecule has 0 aliphatic rings. The third kappa shape index (κ3) is 5.95. The molecule has 0 saturated carbocycles. The van der Waals surface area contributed by atoms with Crippen LogP contribution in [0.1, 0.15) is 0 Å². The van der Waals surface area contributed by atoms with Crippen LogP contribution >= 0.6 is 22.9 Å². The Labute approximate surface area is 103 Å². The molecule has 0 spiro atoms. The Morgan fingerprint density at radius 2 is 1.60 bits per heavy atom. The highest BCUT2D eigenvalue weighted by Gasteiger charge is 2.30. The van der Waals surface area contributed by atoms with E-state index in [0.717, 1.165) is 0 Å². The lowest BCUT2D eigenvalue weighted by atomic mass is 10.0. The number of aliphatic hydroxyl groups excluding tert-OH is 4. The predicted octanol–water partition coefficient (Wildman–Crippen LogP) is -1.64. The number of rotatable bonds is 7. The van der Waals surface area contributed by atoms with Gasteiger partial charge in [0.25, 0.3) is 0 Å². The number of hydrogen-bond acceptors (Lipinski definition) is 6. The first-order chi connectivity index (χ1) is 6.90. The third-order valence-electron chi connectivity index (χ3n) is 1.91. The molecule has 7 heteroatoms. The fourth-order valence-corrected chi connectivity index (χ4v) is 1.49. The minimum atomic E-state index is -1.42. The summed E-state index contributed by atoms with van der Waals surface area (Å²) >= 11 is 1.94. The molecule has 0 radical (unpaired) electrons. The van der Waals surface area contributed by atoms with Crippen LogP contribution in [-0.2, 0) is 4.74 Å². The Morgan fingerprint density at radius 1 is 1.13 bits per heavy atom. The molecule has 0 fully saturated rings. The zero-order valence-electron chi connectivity index (χ0n) is 8.75. The molecule has 0 aliphatic carbocycles. The second-order valence-corrected chi connectivity index (χ2v) is 5.01. The van der Waals surface area contributed by atoms with Crippen molar-refractivity contribution >= 4 is 22.9 Å². The number of ether oxygens (including phenoxy) is 1. The van der Waals surface area contributed by atoms with Crippen LogP contribution in [0.25, 0.3) is 0 Å². The number of nitrogens with zero attached hydrogens (tertiary/aromatic N) is 1. The van der Waals surface area contributed by atoms with Crippen molar-refractivity contribution in [1.82, 2.24) is 3.11 Å². The van der Waals surface area contributed by atoms with E-state index in [1.807, 2.05) is 22.9 Å². The van der Waals surface area contributed by atoms with Gasteiger partial charge in [-0.2, -0.15) is 0 Å². The number of halogens is 1. The van der Waals surface area contributed by atoms with Crippen LogP contribution in [0.4, 0.5) is 0 Å². The van der Waals surface area contributed by atoms with Gasteiger partial charge in [0.05, 0.1) is 12.7 Å². The number of methoxy groups -OCH3 is 1. The van der Waals surface area contributed by atoms with E-state index in [4.69, 9.17) is 0 Å². The molecule has 0 aromatic rings. The second-order valence-electron chi connectivity index (χ2n) is 3.36. The molecular formula is C8H18INO5. The first-order valence-electron chi connectivity index (χ1n) is 4.48. The molecule has 0 aliphatic heterocycles. The van der Waals surface area contributed by atoms with Crippen LogP contribution in [-0.4, -0.2) is 75.3 Å². The largest absolute Gasteiger partial charge is 0.389 e. The summed E-state index contributed by atoms with van der Waals surface area (Å²) in [5.41, 5.74) is 0. The van der Waals surface area contributed by atoms with Crippen molar-refractivity contribution in [2.45, 2.75) is 24.4 Å². The lowest BCUT2D eigenvalue weighted by Gasteiger charge is -2.27. The van der Waals surface area contributed by atoms with Crippen molar-refractivity contribution in [3.63, 3.8) is 0 Å². The molecule has 0 aromatic heterocycles. The van der Waals surface area contributed by atoms with Crippen molar-refractivity contribution in [1.29, 1.82) is 0 Å². The van der Waals surface area contributed by atoms with E-state index in [1.165, 1.54) is 7.11 Å². The molecule has 15 heavy (non-hydrogen) atoms. The summed E-state index contributed by atoms with van der Waals surface area (Å²) < 4.78 is 6.26. The summed E-state index contributed by atoms with van der Waals surface area (Å²) in [4.78, 5) is 0. The Balaban J connectivity index is 4.11. The maximum Gasteiger partial charge on any atom is 0.111 e. The van der Waals surface area contributed by atoms with E-state index in [-0.39, 0.29) is 13.2 Å². The zero-order valence-corrected chi connectivity index (χ0v) is 10.9. The standard InChI is InChI=1S/C8H18INO5/c1-10(9)3-5(11)7(13)8(14)6(12)4-15-2/h5-8,11-14H,3-4H2,1-2H3/t5?,6-,7-,8-/m1/s1. The average molecular weight is 335 g/mol. The Bertz CT molecular complexity index is 171. The monoisotopic (exact) mass is 335 g/mol. The van der Waals surface area contributed by atoms with E-state index in [2.05, 4.69) is 4.74 Å². The van der Waals surface area contributed by atoms with Crippen LogP contribution in [0.5, 0.6) is 0 Å². The first kappa shape index (κ1) is 15.5. The molecule has 4 N–H and O–H groups in total. The molecule has 0 saturated heterocycles. The fourth-order valence-electron chi connectivity index (χ4n) is 1.09. The molecule has 0 aromatic carbocycles. The fraction of sp³-hybridized carbons (Fsp3) is 1.00. The first-order valence-corrected chi connectivity index (χ1v) is 5.44. The van der Waals surface area contributed by atoms with Crippen LogP contribution in [0.2, 0.25) is 0 Å². The molecule has 0 heterocycles. The van der Waals surface area contributed by atoms with E-state index in [9.17, 15) is 20.4 Å². The SMILES string of the molecule is COC[C@@H](O)[C@@H](O)[C@H](O)C(O)CN(C)I. The zero-order chi connectivity index (χ0) is 12.0. The van der Waals surface area contributed by atoms with Gasteiger partial charge in [-0.1, -0.05) is 0 Å². The topological polar surface area (TPSA) is 93.4 Å². The minimum Gasteiger partial charge on any atom is -0.389 e. The van der Waals surface area contributed by atoms with Crippen molar-refractivity contribution in [2.75, 3.05) is 27.3 Å². The molecule has 6 nitrogen and oxygen atoms in total. The van der Waals surface area contributed by atoms with Gasteiger partial charge in [-0.15, -0.1) is 0 Å². The third-order valence-corrected chi connectivity index (χ3v) is 2.31. The van der Waals surface area contributed by atoms with Crippen molar-refractivity contribution in [3.8, 4) is 0 Å². The Morgan fingerprint density at radius 3 is 2.00 bits per heavy atom. The maximum absolute atomic E-state index is 9.49. The molecule has 0 rings (SSSR count). The van der Waals surface area contributed by atoms with E-state index in [1.54, 1.807) is 10.2 Å². The van der Waals surface area contributed by atoms with E-state index in [0.29, 0.717) is 0 Å². The number of likely N-dealkylation sites (N-methyl/N-ethyl adjacent to an activating group) is 1. The van der Waals surface area contributed by atoms with Gasteiger partial charge in [0.15, 0.2) is 0 Å². The summed E-state index contributed by atoms with van der Waals surface area (Å²) in [6, 6.07) is 0. The minimum absolute atomic E-state index is 0.0922. The summed E-state index contributed by atoms with van der Waals surface area (Å²) in [6.07, 6.45) is -5.14. The smallest absolute Gasteiger partial charge is 0.111 e. The summed E-state index contributed by atoms with van der Waals surface area (Å²) in [5.74, 6) is 0. The van der Waals surface area contributed by atoms with Gasteiger partial charge >= 0.3 is 0 Å². The van der Waals surface area contributed by atoms with Crippen LogP contribution in [0.3, 0.4) is 0 Å². The molecule has 1 unspecified atom stereocenters. The summed E-state index contributed by atoms with van der Waals surface area (Å²) in [6.45, 7) is 0.101. The van der Waals surface area contributed by atoms with Gasteiger partial charge in [-0.25, -0.2) is 3.11 Å². The van der Waals surface area contributed by atoms with Gasteiger partial charge in [0, 0.05) is 36.5 Å². The quantitative estimate of drug-likeness (QED) is 0.329. The normalized spacial score (nSPS) is 20.0. The Hall–Kier alpha value is 0.490. The predicted molar refractivity (Wildman–Crippen MR) is 62.6 cm³/mol. The van der Waals surface area contributed by atoms with Gasteiger partial charge in [-0.05, 0) is 7.05 Å². The van der Waals surface area contributed by atoms with E-state index < -0.39 is 24.4 Å². The molecular weight excluding hydrogens is 317 g/mol. The van der Waals surface area contributed by atoms with Crippen molar-refractivity contribution in [3.05, 3.63) is 0 Å². The van der Waals surface area contributed by atoms with Gasteiger partial charge in [0.1, 0.15) is 18.3 Å². The van der Waals surface area contributed by atoms with Crippen LogP contribution < -0.4 is 0 Å². The highest BCUT2D eigenvalue weighted by atomic mass is 127. The Kier molecular flexibility index (Phi) is 7.96. The molecule has 0 amide bonds. The number of hydrogen-bond donors (Lipinski definition) is 4. The van der Waals surface area contributed by atoms with Gasteiger partial charge < -0.3 is 25.2 Å². The number of aliphatic hydroxyl groups is 4. The molecule has 92 valence electrons. The van der Waals surface area contributed by atoms with Crippen molar-refractivity contribution < 1.29 is 25.2 Å². The highest BCUT2D eigenvalue weighted by Crippen LogP contribution is 2.08. The summed E-state index contributed by atoms with van der Waals surface area (Å²) in [5, 5.41) is 37.7. The van der Waals surface area contributed by atoms with Crippen LogP contribution in [0.15, 0.2) is 0 Å². The van der Waals surface area contributed by atoms with Crippen LogP contribution in [0, 0.1) is 0 Å². The molecule has 0 bridgehead atoms. The average Bonchev–Trinajstić information content (AvgIpc) is 2.14. The van der Waals surface area contributed by atoms with Crippen molar-refractivity contribution in [2.24, 2.45) is 0 Å². The maximum atomic E-state index is 9.49. The molecule has 4 atom stereocenters. The lowest BCUT2D eigenvalue weighted by molar-refractivity contribution is -0.118. The van der Waals surface area contributed by atoms with Gasteiger partial charge in [-0.3, -0.25) is 0 Å². The lowest BCUT2D eigenvalue weighted by Crippen LogP contribution is -2.48. The second kappa shape index (κ2) is 7.71. The van der Waals surface area contributed by atoms with Gasteiger partial charge in [0.2, 0.25) is 0 Å². The summed E-state index contributed by atoms with van der Waals surface area (Å²) in [7, 11) is 3.09. The van der Waals surface area contributed by atoms with E-state index >= 15 is 0 Å².